The van der Waals surface area contributed by atoms with Crippen LogP contribution in [0.25, 0.3) is 0 Å². The number of hydrazone groups is 2. The number of carbonyl (C=O) groups is 2. The predicted molar refractivity (Wildman–Crippen MR) is 111 cm³/mol. The Bertz CT molecular complexity index is 868. The summed E-state index contributed by atoms with van der Waals surface area (Å²) in [5.74, 6) is -0.931. The van der Waals surface area contributed by atoms with E-state index < -0.39 is 17.2 Å². The largest absolute Gasteiger partial charge is 0.272 e. The summed E-state index contributed by atoms with van der Waals surface area (Å²) in [5, 5.41) is 8.89. The molecule has 8 heteroatoms. The van der Waals surface area contributed by atoms with Crippen LogP contribution in [0.2, 0.25) is 10.0 Å². The van der Waals surface area contributed by atoms with Crippen molar-refractivity contribution >= 4 is 47.4 Å². The Morgan fingerprint density at radius 3 is 1.61 bits per heavy atom. The molecule has 0 aliphatic heterocycles. The summed E-state index contributed by atoms with van der Waals surface area (Å²) >= 11 is 12.1. The monoisotopic (exact) mass is 416 g/mol. The summed E-state index contributed by atoms with van der Waals surface area (Å²) < 4.78 is 0. The second kappa shape index (κ2) is 8.99. The molecule has 2 N–H and O–H groups in total. The molecule has 2 aromatic rings. The summed E-state index contributed by atoms with van der Waals surface area (Å²) in [6.45, 7) is 0. The molecule has 0 unspecified atom stereocenters. The van der Waals surface area contributed by atoms with Crippen LogP contribution in [-0.4, -0.2) is 24.2 Å². The number of nitrogens with one attached hydrogen (secondary N) is 2. The van der Waals surface area contributed by atoms with Gasteiger partial charge in [0.05, 0.1) is 12.4 Å². The third-order valence-corrected chi connectivity index (χ3v) is 5.31. The van der Waals surface area contributed by atoms with Crippen LogP contribution in [0, 0.1) is 5.41 Å². The molecule has 1 saturated carbocycles. The summed E-state index contributed by atoms with van der Waals surface area (Å²) in [5.41, 5.74) is 5.04. The maximum atomic E-state index is 12.6. The first kappa shape index (κ1) is 20.0. The lowest BCUT2D eigenvalue weighted by Gasteiger charge is -2.36. The second-order valence-electron chi connectivity index (χ2n) is 6.38. The Labute approximate surface area is 172 Å². The van der Waals surface area contributed by atoms with Gasteiger partial charge in [0.25, 0.3) is 11.8 Å². The van der Waals surface area contributed by atoms with E-state index in [0.717, 1.165) is 6.42 Å². The normalized spacial score (nSPS) is 15.4. The molecular weight excluding hydrogens is 399 g/mol. The Morgan fingerprint density at radius 2 is 1.25 bits per heavy atom. The number of halogens is 2. The molecule has 28 heavy (non-hydrogen) atoms. The van der Waals surface area contributed by atoms with Gasteiger partial charge in [-0.15, -0.1) is 0 Å². The van der Waals surface area contributed by atoms with E-state index in [9.17, 15) is 9.59 Å². The van der Waals surface area contributed by atoms with Gasteiger partial charge in [0.15, 0.2) is 0 Å². The van der Waals surface area contributed by atoms with Gasteiger partial charge in [0.1, 0.15) is 5.41 Å². The summed E-state index contributed by atoms with van der Waals surface area (Å²) in [7, 11) is 0. The van der Waals surface area contributed by atoms with Gasteiger partial charge in [0.2, 0.25) is 0 Å². The number of amides is 2. The summed E-state index contributed by atoms with van der Waals surface area (Å²) in [4.78, 5) is 25.1. The van der Waals surface area contributed by atoms with Crippen molar-refractivity contribution in [2.45, 2.75) is 19.3 Å². The van der Waals surface area contributed by atoms with Crippen LogP contribution in [0.1, 0.15) is 30.4 Å². The lowest BCUT2D eigenvalue weighted by molar-refractivity contribution is -0.149. The Morgan fingerprint density at radius 1 is 0.821 bits per heavy atom. The predicted octanol–water partition coefficient (Wildman–Crippen LogP) is 3.76. The van der Waals surface area contributed by atoms with Gasteiger partial charge in [-0.05, 0) is 25.0 Å². The molecule has 0 aromatic heterocycles. The van der Waals surface area contributed by atoms with E-state index in [4.69, 9.17) is 23.2 Å². The number of carbonyl (C=O) groups excluding carboxylic acids is 2. The molecule has 0 saturated heterocycles. The molecule has 144 valence electrons. The van der Waals surface area contributed by atoms with Gasteiger partial charge in [-0.3, -0.25) is 9.59 Å². The number of hydrogen-bond donors (Lipinski definition) is 2. The molecule has 0 bridgehead atoms. The van der Waals surface area contributed by atoms with Crippen molar-refractivity contribution in [3.05, 3.63) is 69.7 Å². The molecule has 0 spiro atoms. The van der Waals surface area contributed by atoms with Gasteiger partial charge in [-0.2, -0.15) is 10.2 Å². The molecule has 6 nitrogen and oxygen atoms in total. The second-order valence-corrected chi connectivity index (χ2v) is 7.19. The first-order valence-electron chi connectivity index (χ1n) is 8.69. The Balaban J connectivity index is 1.62. The minimum atomic E-state index is -1.17. The fourth-order valence-electron chi connectivity index (χ4n) is 2.78. The minimum Gasteiger partial charge on any atom is -0.272 e. The molecular formula is C20H18Cl2N4O2. The number of benzene rings is 2. The van der Waals surface area contributed by atoms with Gasteiger partial charge < -0.3 is 0 Å². The molecule has 0 radical (unpaired) electrons. The van der Waals surface area contributed by atoms with Crippen LogP contribution < -0.4 is 10.9 Å². The van der Waals surface area contributed by atoms with Gasteiger partial charge in [0, 0.05) is 21.2 Å². The fraction of sp³-hybridized carbons (Fsp3) is 0.200. The van der Waals surface area contributed by atoms with Crippen LogP contribution in [0.3, 0.4) is 0 Å². The van der Waals surface area contributed by atoms with E-state index in [0.29, 0.717) is 34.0 Å². The van der Waals surface area contributed by atoms with E-state index in [-0.39, 0.29) is 0 Å². The van der Waals surface area contributed by atoms with Crippen LogP contribution in [0.15, 0.2) is 58.7 Å². The maximum Gasteiger partial charge on any atom is 0.255 e. The Hall–Kier alpha value is -2.70. The van der Waals surface area contributed by atoms with Crippen molar-refractivity contribution in [1.29, 1.82) is 0 Å². The SMILES string of the molecule is O=C(N/N=C\c1ccccc1Cl)C1(C(=O)N/N=C\c2ccccc2Cl)CCC1. The smallest absolute Gasteiger partial charge is 0.255 e. The molecule has 1 fully saturated rings. The van der Waals surface area contributed by atoms with E-state index in [2.05, 4.69) is 21.1 Å². The average Bonchev–Trinajstić information content (AvgIpc) is 2.64. The molecule has 2 amide bonds. The van der Waals surface area contributed by atoms with E-state index >= 15 is 0 Å². The van der Waals surface area contributed by atoms with Gasteiger partial charge in [-0.1, -0.05) is 66.0 Å². The highest BCUT2D eigenvalue weighted by Gasteiger charge is 2.51. The first-order chi connectivity index (χ1) is 13.5. The van der Waals surface area contributed by atoms with Gasteiger partial charge in [-0.25, -0.2) is 10.9 Å². The first-order valence-corrected chi connectivity index (χ1v) is 9.44. The van der Waals surface area contributed by atoms with Crippen molar-refractivity contribution in [3.8, 4) is 0 Å². The average molecular weight is 417 g/mol. The van der Waals surface area contributed by atoms with Crippen molar-refractivity contribution in [2.75, 3.05) is 0 Å². The minimum absolute atomic E-state index is 0.438. The molecule has 0 atom stereocenters. The summed E-state index contributed by atoms with van der Waals surface area (Å²) in [6, 6.07) is 14.2. The quantitative estimate of drug-likeness (QED) is 0.426. The molecule has 1 aliphatic carbocycles. The third-order valence-electron chi connectivity index (χ3n) is 4.63. The number of rotatable bonds is 6. The van der Waals surface area contributed by atoms with Crippen LogP contribution in [0.4, 0.5) is 0 Å². The van der Waals surface area contributed by atoms with Crippen molar-refractivity contribution in [3.63, 3.8) is 0 Å². The lowest BCUT2D eigenvalue weighted by atomic mass is 9.67. The van der Waals surface area contributed by atoms with Crippen LogP contribution in [-0.2, 0) is 9.59 Å². The molecule has 1 aliphatic rings. The zero-order valence-electron chi connectivity index (χ0n) is 14.9. The maximum absolute atomic E-state index is 12.6. The zero-order chi connectivity index (χ0) is 20.0. The van der Waals surface area contributed by atoms with E-state index in [1.807, 2.05) is 12.1 Å². The fourth-order valence-corrected chi connectivity index (χ4v) is 3.15. The van der Waals surface area contributed by atoms with Gasteiger partial charge >= 0.3 is 0 Å². The molecule has 2 aromatic carbocycles. The Kier molecular flexibility index (Phi) is 6.44. The van der Waals surface area contributed by atoms with E-state index in [1.165, 1.54) is 12.4 Å². The van der Waals surface area contributed by atoms with Crippen molar-refractivity contribution in [2.24, 2.45) is 15.6 Å². The third kappa shape index (κ3) is 4.40. The number of nitrogens with zero attached hydrogens (tertiary/aromatic N) is 2. The molecule has 0 heterocycles. The standard InChI is InChI=1S/C20H18Cl2N4O2/c21-16-8-3-1-6-14(16)12-23-25-18(27)20(10-5-11-20)19(28)26-24-13-15-7-2-4-9-17(15)22/h1-4,6-9,12-13H,5,10-11H2,(H,25,27)(H,26,28)/b23-12-,24-13-. The topological polar surface area (TPSA) is 82.9 Å². The van der Waals surface area contributed by atoms with E-state index in [1.54, 1.807) is 36.4 Å². The number of hydrogen-bond acceptors (Lipinski definition) is 4. The highest BCUT2D eigenvalue weighted by Crippen LogP contribution is 2.41. The highest BCUT2D eigenvalue weighted by molar-refractivity contribution is 6.33. The molecule has 3 rings (SSSR count). The van der Waals surface area contributed by atoms with Crippen molar-refractivity contribution < 1.29 is 9.59 Å². The zero-order valence-corrected chi connectivity index (χ0v) is 16.4. The highest BCUT2D eigenvalue weighted by atomic mass is 35.5. The summed E-state index contributed by atoms with van der Waals surface area (Å²) in [6.07, 6.45) is 4.55. The van der Waals surface area contributed by atoms with Crippen molar-refractivity contribution in [1.82, 2.24) is 10.9 Å². The van der Waals surface area contributed by atoms with Crippen LogP contribution >= 0.6 is 23.2 Å². The lowest BCUT2D eigenvalue weighted by Crippen LogP contribution is -2.53. The van der Waals surface area contributed by atoms with Crippen LogP contribution in [0.5, 0.6) is 0 Å².